The summed E-state index contributed by atoms with van der Waals surface area (Å²) in [5.74, 6) is 0.410. The van der Waals surface area contributed by atoms with E-state index >= 15 is 0 Å². The summed E-state index contributed by atoms with van der Waals surface area (Å²) in [7, 11) is 0. The maximum Gasteiger partial charge on any atom is 0.0913 e. The van der Waals surface area contributed by atoms with Gasteiger partial charge in [-0.1, -0.05) is 52.3 Å². The fraction of sp³-hybridized carbons (Fsp3) is 0.312. The van der Waals surface area contributed by atoms with E-state index in [9.17, 15) is 0 Å². The zero-order valence-corrected chi connectivity index (χ0v) is 12.2. The number of hydrogen-bond acceptors (Lipinski definition) is 2. The summed E-state index contributed by atoms with van der Waals surface area (Å²) in [4.78, 5) is 4.22. The van der Waals surface area contributed by atoms with Crippen molar-refractivity contribution in [3.05, 3.63) is 66.0 Å². The van der Waals surface area contributed by atoms with Crippen LogP contribution in [0.25, 0.3) is 0 Å². The highest BCUT2D eigenvalue weighted by Gasteiger charge is 2.36. The number of aromatic nitrogens is 1. The van der Waals surface area contributed by atoms with Crippen LogP contribution in [0.15, 0.2) is 54.9 Å². The van der Waals surface area contributed by atoms with Gasteiger partial charge in [0.05, 0.1) is 12.2 Å². The van der Waals surface area contributed by atoms with Gasteiger partial charge in [0.25, 0.3) is 0 Å². The molecule has 0 bridgehead atoms. The van der Waals surface area contributed by atoms with Gasteiger partial charge in [-0.2, -0.15) is 0 Å². The number of pyridine rings is 1. The quantitative estimate of drug-likeness (QED) is 0.795. The highest BCUT2D eigenvalue weighted by molar-refractivity contribution is 9.09. The maximum absolute atomic E-state index is 6.18. The minimum atomic E-state index is 0.110. The van der Waals surface area contributed by atoms with Crippen LogP contribution in [0, 0.1) is 0 Å². The van der Waals surface area contributed by atoms with Gasteiger partial charge in [-0.3, -0.25) is 4.98 Å². The zero-order chi connectivity index (χ0) is 13.1. The molecule has 2 heterocycles. The molecule has 0 amide bonds. The molecule has 0 unspecified atom stereocenters. The van der Waals surface area contributed by atoms with Crippen molar-refractivity contribution in [2.24, 2.45) is 0 Å². The van der Waals surface area contributed by atoms with Gasteiger partial charge >= 0.3 is 0 Å². The first kappa shape index (κ1) is 12.8. The molecule has 0 N–H and O–H groups in total. The number of hydrogen-bond donors (Lipinski definition) is 0. The molecule has 2 aromatic rings. The van der Waals surface area contributed by atoms with Crippen LogP contribution >= 0.6 is 15.9 Å². The Labute approximate surface area is 122 Å². The first-order valence-corrected chi connectivity index (χ1v) is 7.67. The Morgan fingerprint density at radius 1 is 1.11 bits per heavy atom. The molecule has 2 nitrogen and oxygen atoms in total. The van der Waals surface area contributed by atoms with Gasteiger partial charge < -0.3 is 4.74 Å². The third-order valence-electron chi connectivity index (χ3n) is 3.63. The Kier molecular flexibility index (Phi) is 3.95. The molecule has 98 valence electrons. The Bertz CT molecular complexity index is 469. The number of nitrogens with zero attached hydrogens (tertiary/aromatic N) is 1. The van der Waals surface area contributed by atoms with E-state index in [1.807, 2.05) is 12.3 Å². The zero-order valence-electron chi connectivity index (χ0n) is 10.6. The van der Waals surface area contributed by atoms with Crippen LogP contribution in [0.1, 0.15) is 29.6 Å². The second-order valence-corrected chi connectivity index (χ2v) is 5.52. The van der Waals surface area contributed by atoms with Crippen molar-refractivity contribution in [1.29, 1.82) is 0 Å². The third kappa shape index (κ3) is 2.72. The molecule has 1 aliphatic heterocycles. The van der Waals surface area contributed by atoms with Crippen LogP contribution in [0.2, 0.25) is 0 Å². The summed E-state index contributed by atoms with van der Waals surface area (Å²) in [5.41, 5.74) is 2.51. The van der Waals surface area contributed by atoms with Gasteiger partial charge in [0.1, 0.15) is 0 Å². The summed E-state index contributed by atoms with van der Waals surface area (Å²) in [6.07, 6.45) is 5.15. The van der Waals surface area contributed by atoms with Crippen LogP contribution in [0.4, 0.5) is 0 Å². The lowest BCUT2D eigenvalue weighted by atomic mass is 9.88. The number of alkyl halides is 1. The van der Waals surface area contributed by atoms with E-state index < -0.39 is 0 Å². The molecule has 0 radical (unpaired) electrons. The molecule has 0 saturated carbocycles. The summed E-state index contributed by atoms with van der Waals surface area (Å²) < 4.78 is 6.18. The number of benzene rings is 1. The van der Waals surface area contributed by atoms with E-state index in [-0.39, 0.29) is 12.2 Å². The number of ether oxygens (including phenoxy) is 1. The molecule has 3 atom stereocenters. The van der Waals surface area contributed by atoms with Crippen LogP contribution in [0.5, 0.6) is 0 Å². The van der Waals surface area contributed by atoms with E-state index in [4.69, 9.17) is 4.74 Å². The van der Waals surface area contributed by atoms with Crippen molar-refractivity contribution in [3.8, 4) is 0 Å². The Hall–Kier alpha value is -1.19. The first-order chi connectivity index (χ1) is 9.38. The topological polar surface area (TPSA) is 22.1 Å². The van der Waals surface area contributed by atoms with Gasteiger partial charge in [0, 0.05) is 23.6 Å². The summed E-state index contributed by atoms with van der Waals surface area (Å²) in [6.45, 7) is 0. The molecule has 3 heteroatoms. The Morgan fingerprint density at radius 3 is 2.58 bits per heavy atom. The number of halogens is 1. The Balaban J connectivity index is 1.92. The molecule has 1 aromatic carbocycles. The largest absolute Gasteiger partial charge is 0.369 e. The molecule has 0 spiro atoms. The highest BCUT2D eigenvalue weighted by Crippen LogP contribution is 2.44. The predicted molar refractivity (Wildman–Crippen MR) is 79.4 cm³/mol. The SMILES string of the molecule is BrC[C@@H]1C[C@H](c2ccccc2)[C@@H](c2cccnc2)O1. The van der Waals surface area contributed by atoms with E-state index in [2.05, 4.69) is 57.3 Å². The van der Waals surface area contributed by atoms with Gasteiger partial charge in [0.15, 0.2) is 0 Å². The lowest BCUT2D eigenvalue weighted by Crippen LogP contribution is -2.08. The van der Waals surface area contributed by atoms with E-state index in [1.54, 1.807) is 6.20 Å². The van der Waals surface area contributed by atoms with Gasteiger partial charge in [-0.05, 0) is 23.6 Å². The summed E-state index contributed by atoms with van der Waals surface area (Å²) in [6, 6.07) is 14.7. The molecule has 1 fully saturated rings. The molecule has 1 aromatic heterocycles. The molecule has 0 aliphatic carbocycles. The van der Waals surface area contributed by atoms with Crippen molar-refractivity contribution in [2.75, 3.05) is 5.33 Å². The fourth-order valence-electron chi connectivity index (χ4n) is 2.73. The first-order valence-electron chi connectivity index (χ1n) is 6.55. The van der Waals surface area contributed by atoms with Crippen molar-refractivity contribution in [3.63, 3.8) is 0 Å². The van der Waals surface area contributed by atoms with Crippen LogP contribution in [-0.2, 0) is 4.74 Å². The highest BCUT2D eigenvalue weighted by atomic mass is 79.9. The van der Waals surface area contributed by atoms with E-state index in [0.717, 1.165) is 11.8 Å². The van der Waals surface area contributed by atoms with Crippen molar-refractivity contribution >= 4 is 15.9 Å². The number of rotatable bonds is 3. The minimum absolute atomic E-state index is 0.110. The normalized spacial score (nSPS) is 26.5. The van der Waals surface area contributed by atoms with E-state index in [0.29, 0.717) is 5.92 Å². The Morgan fingerprint density at radius 2 is 1.89 bits per heavy atom. The van der Waals surface area contributed by atoms with Gasteiger partial charge in [-0.15, -0.1) is 0 Å². The van der Waals surface area contributed by atoms with Crippen molar-refractivity contribution < 1.29 is 4.74 Å². The molecular weight excluding hydrogens is 302 g/mol. The van der Waals surface area contributed by atoms with Gasteiger partial charge in [0.2, 0.25) is 0 Å². The summed E-state index contributed by atoms with van der Waals surface area (Å²) >= 11 is 3.54. The van der Waals surface area contributed by atoms with Crippen molar-refractivity contribution in [2.45, 2.75) is 24.5 Å². The van der Waals surface area contributed by atoms with Crippen LogP contribution < -0.4 is 0 Å². The second kappa shape index (κ2) is 5.85. The van der Waals surface area contributed by atoms with E-state index in [1.165, 1.54) is 11.1 Å². The maximum atomic E-state index is 6.18. The molecule has 19 heavy (non-hydrogen) atoms. The summed E-state index contributed by atoms with van der Waals surface area (Å²) in [5, 5.41) is 0.882. The third-order valence-corrected chi connectivity index (χ3v) is 4.36. The molecular formula is C16H16BrNO. The lowest BCUT2D eigenvalue weighted by molar-refractivity contribution is 0.0540. The monoisotopic (exact) mass is 317 g/mol. The standard InChI is InChI=1S/C16H16BrNO/c17-10-14-9-15(12-5-2-1-3-6-12)16(19-14)13-7-4-8-18-11-13/h1-8,11,14-16H,9-10H2/t14-,15+,16+/m0/s1. The van der Waals surface area contributed by atoms with Crippen LogP contribution in [-0.4, -0.2) is 16.4 Å². The average Bonchev–Trinajstić information content (AvgIpc) is 2.93. The molecule has 3 rings (SSSR count). The predicted octanol–water partition coefficient (Wildman–Crippen LogP) is 4.09. The molecule has 1 aliphatic rings. The molecule has 1 saturated heterocycles. The second-order valence-electron chi connectivity index (χ2n) is 4.87. The average molecular weight is 318 g/mol. The smallest absolute Gasteiger partial charge is 0.0913 e. The minimum Gasteiger partial charge on any atom is -0.369 e. The van der Waals surface area contributed by atoms with Crippen molar-refractivity contribution in [1.82, 2.24) is 4.98 Å². The lowest BCUT2D eigenvalue weighted by Gasteiger charge is -2.18. The fourth-order valence-corrected chi connectivity index (χ4v) is 3.15. The van der Waals surface area contributed by atoms with Crippen LogP contribution in [0.3, 0.4) is 0 Å². The van der Waals surface area contributed by atoms with Gasteiger partial charge in [-0.25, -0.2) is 0 Å².